The predicted octanol–water partition coefficient (Wildman–Crippen LogP) is 6.46. The van der Waals surface area contributed by atoms with E-state index in [0.29, 0.717) is 6.54 Å². The van der Waals surface area contributed by atoms with Crippen LogP contribution in [0.2, 0.25) is 0 Å². The molecular weight excluding hydrogens is 334 g/mol. The fourth-order valence-corrected chi connectivity index (χ4v) is 2.73. The Labute approximate surface area is 157 Å². The Morgan fingerprint density at radius 1 is 0.808 bits per heavy atom. The zero-order chi connectivity index (χ0) is 19.3. The van der Waals surface area contributed by atoms with Crippen LogP contribution in [0.4, 0.5) is 4.79 Å². The van der Waals surface area contributed by atoms with E-state index in [9.17, 15) is 9.59 Å². The molecule has 0 aromatic carbocycles. The van der Waals surface area contributed by atoms with E-state index in [1.165, 1.54) is 51.4 Å². The fourth-order valence-electron chi connectivity index (χ4n) is 2.73. The third kappa shape index (κ3) is 18.6. The van der Waals surface area contributed by atoms with E-state index in [4.69, 9.17) is 5.53 Å². The molecule has 0 rings (SSSR count). The van der Waals surface area contributed by atoms with Gasteiger partial charge in [-0.1, -0.05) is 75.7 Å². The molecule has 0 N–H and O–H groups in total. The molecule has 0 fully saturated rings. The number of azide groups is 1. The average Bonchev–Trinajstić information content (AvgIpc) is 2.61. The Hall–Kier alpha value is -1.75. The summed E-state index contributed by atoms with van der Waals surface area (Å²) in [4.78, 5) is 25.0. The molecule has 0 spiro atoms. The van der Waals surface area contributed by atoms with Crippen molar-refractivity contribution in [1.82, 2.24) is 0 Å². The summed E-state index contributed by atoms with van der Waals surface area (Å²) in [6.07, 6.45) is 14.6. The van der Waals surface area contributed by atoms with Gasteiger partial charge in [-0.25, -0.2) is 4.79 Å². The molecule has 7 nitrogen and oxygen atoms in total. The zero-order valence-electron chi connectivity index (χ0n) is 16.3. The summed E-state index contributed by atoms with van der Waals surface area (Å²) < 4.78 is 9.04. The number of ether oxygens (including phenoxy) is 2. The maximum atomic E-state index is 11.3. The summed E-state index contributed by atoms with van der Waals surface area (Å²) in [6.45, 7) is 2.51. The summed E-state index contributed by atoms with van der Waals surface area (Å²) in [6, 6.07) is 0. The molecule has 0 aromatic heterocycles. The second-order valence-electron chi connectivity index (χ2n) is 6.46. The quantitative estimate of drug-likeness (QED) is 0.0733. The highest BCUT2D eigenvalue weighted by molar-refractivity contribution is 5.81. The number of carbonyl (C=O) groups excluding carboxylic acids is 2. The lowest BCUT2D eigenvalue weighted by Crippen LogP contribution is -2.13. The summed E-state index contributed by atoms with van der Waals surface area (Å²) in [5.41, 5.74) is 8.16. The van der Waals surface area contributed by atoms with E-state index < -0.39 is 12.1 Å². The number of carbonyl (C=O) groups is 2. The van der Waals surface area contributed by atoms with Crippen LogP contribution in [0.3, 0.4) is 0 Å². The molecule has 7 heteroatoms. The normalized spacial score (nSPS) is 10.2. The molecule has 0 bridgehead atoms. The minimum absolute atomic E-state index is 0.213. The van der Waals surface area contributed by atoms with Gasteiger partial charge < -0.3 is 9.47 Å². The van der Waals surface area contributed by atoms with E-state index in [1.54, 1.807) is 6.92 Å². The fraction of sp³-hybridized carbons (Fsp3) is 0.895. The summed E-state index contributed by atoms with van der Waals surface area (Å²) >= 11 is 0. The Morgan fingerprint density at radius 2 is 1.27 bits per heavy atom. The van der Waals surface area contributed by atoms with Crippen molar-refractivity contribution in [3.05, 3.63) is 10.4 Å². The van der Waals surface area contributed by atoms with Gasteiger partial charge in [-0.15, -0.1) is 0 Å². The van der Waals surface area contributed by atoms with Crippen LogP contribution in [0.15, 0.2) is 5.11 Å². The van der Waals surface area contributed by atoms with Crippen LogP contribution in [-0.2, 0) is 14.3 Å². The molecule has 0 amide bonds. The van der Waals surface area contributed by atoms with Gasteiger partial charge in [0.2, 0.25) is 0 Å². The van der Waals surface area contributed by atoms with E-state index in [2.05, 4.69) is 19.5 Å². The van der Waals surface area contributed by atoms with Gasteiger partial charge in [0, 0.05) is 17.9 Å². The molecule has 0 unspecified atom stereocenters. The lowest BCUT2D eigenvalue weighted by Gasteiger charge is -2.04. The van der Waals surface area contributed by atoms with Crippen LogP contribution in [0, 0.1) is 0 Å². The number of unbranched alkanes of at least 4 members (excludes halogenated alkanes) is 12. The lowest BCUT2D eigenvalue weighted by atomic mass is 10.0. The second-order valence-corrected chi connectivity index (χ2v) is 6.46. The van der Waals surface area contributed by atoms with Crippen molar-refractivity contribution in [1.29, 1.82) is 0 Å². The standard InChI is InChI=1S/C19H35N3O4/c1-2-25-19(24)26-18(23)16-14-12-10-8-6-4-3-5-7-9-11-13-15-17-21-22-20/h2-17H2,1H3. The van der Waals surface area contributed by atoms with Gasteiger partial charge in [0.25, 0.3) is 0 Å². The Kier molecular flexibility index (Phi) is 18.3. The highest BCUT2D eigenvalue weighted by atomic mass is 16.7. The highest BCUT2D eigenvalue weighted by Crippen LogP contribution is 2.13. The molecule has 150 valence electrons. The van der Waals surface area contributed by atoms with Crippen molar-refractivity contribution in [3.63, 3.8) is 0 Å². The minimum Gasteiger partial charge on any atom is -0.434 e. The molecule has 26 heavy (non-hydrogen) atoms. The molecular formula is C19H35N3O4. The van der Waals surface area contributed by atoms with Crippen molar-refractivity contribution in [2.75, 3.05) is 13.2 Å². The summed E-state index contributed by atoms with van der Waals surface area (Å²) in [5.74, 6) is -0.499. The Bertz CT molecular complexity index is 410. The molecule has 0 atom stereocenters. The van der Waals surface area contributed by atoms with Crippen molar-refractivity contribution < 1.29 is 19.1 Å². The minimum atomic E-state index is -0.898. The number of nitrogens with zero attached hydrogens (tertiary/aromatic N) is 3. The largest absolute Gasteiger partial charge is 0.516 e. The van der Waals surface area contributed by atoms with Gasteiger partial charge in [0.05, 0.1) is 6.61 Å². The average molecular weight is 370 g/mol. The number of hydrogen-bond donors (Lipinski definition) is 0. The van der Waals surface area contributed by atoms with Crippen molar-refractivity contribution >= 4 is 12.1 Å². The SMILES string of the molecule is CCOC(=O)OC(=O)CCCCCCCCCCCCCCCN=[N+]=[N-]. The first-order valence-corrected chi connectivity index (χ1v) is 10.1. The molecule has 0 aliphatic rings. The maximum absolute atomic E-state index is 11.3. The van der Waals surface area contributed by atoms with Crippen LogP contribution in [0.25, 0.3) is 10.4 Å². The summed E-state index contributed by atoms with van der Waals surface area (Å²) in [7, 11) is 0. The first-order valence-electron chi connectivity index (χ1n) is 10.1. The first kappa shape index (κ1) is 24.2. The molecule has 0 saturated carbocycles. The first-order chi connectivity index (χ1) is 12.7. The number of esters is 1. The van der Waals surface area contributed by atoms with Gasteiger partial charge >= 0.3 is 12.1 Å². The molecule has 0 aromatic rings. The van der Waals surface area contributed by atoms with Crippen LogP contribution in [0.1, 0.15) is 96.8 Å². The van der Waals surface area contributed by atoms with Crippen LogP contribution >= 0.6 is 0 Å². The van der Waals surface area contributed by atoms with Crippen LogP contribution in [-0.4, -0.2) is 25.3 Å². The smallest absolute Gasteiger partial charge is 0.434 e. The summed E-state index contributed by atoms with van der Waals surface area (Å²) in [5, 5.41) is 3.53. The van der Waals surface area contributed by atoms with Gasteiger partial charge in [-0.05, 0) is 25.3 Å². The number of hydrogen-bond acceptors (Lipinski definition) is 5. The molecule has 0 radical (unpaired) electrons. The van der Waals surface area contributed by atoms with Gasteiger partial charge in [0.1, 0.15) is 0 Å². The Balaban J connectivity index is 3.18. The molecule has 0 saturated heterocycles. The van der Waals surface area contributed by atoms with Crippen LogP contribution < -0.4 is 0 Å². The lowest BCUT2D eigenvalue weighted by molar-refractivity contribution is -0.139. The zero-order valence-corrected chi connectivity index (χ0v) is 16.3. The molecule has 0 heterocycles. The van der Waals surface area contributed by atoms with Crippen molar-refractivity contribution in [2.45, 2.75) is 96.8 Å². The highest BCUT2D eigenvalue weighted by Gasteiger charge is 2.10. The van der Waals surface area contributed by atoms with Gasteiger partial charge in [0.15, 0.2) is 0 Å². The van der Waals surface area contributed by atoms with Gasteiger partial charge in [-0.3, -0.25) is 4.79 Å². The van der Waals surface area contributed by atoms with E-state index >= 15 is 0 Å². The van der Waals surface area contributed by atoms with Crippen LogP contribution in [0.5, 0.6) is 0 Å². The van der Waals surface area contributed by atoms with E-state index in [-0.39, 0.29) is 13.0 Å². The third-order valence-electron chi connectivity index (χ3n) is 4.16. The monoisotopic (exact) mass is 369 g/mol. The maximum Gasteiger partial charge on any atom is 0.516 e. The number of rotatable bonds is 17. The molecule has 0 aliphatic heterocycles. The van der Waals surface area contributed by atoms with E-state index in [0.717, 1.165) is 32.1 Å². The Morgan fingerprint density at radius 3 is 1.73 bits per heavy atom. The predicted molar refractivity (Wildman–Crippen MR) is 102 cm³/mol. The van der Waals surface area contributed by atoms with Crippen molar-refractivity contribution in [2.24, 2.45) is 5.11 Å². The van der Waals surface area contributed by atoms with Crippen molar-refractivity contribution in [3.8, 4) is 0 Å². The van der Waals surface area contributed by atoms with Gasteiger partial charge in [-0.2, -0.15) is 0 Å². The third-order valence-corrected chi connectivity index (χ3v) is 4.16. The van der Waals surface area contributed by atoms with E-state index in [1.807, 2.05) is 0 Å². The second kappa shape index (κ2) is 19.6. The topological polar surface area (TPSA) is 101 Å². The molecule has 0 aliphatic carbocycles.